The van der Waals surface area contributed by atoms with Gasteiger partial charge in [0.15, 0.2) is 5.82 Å². The van der Waals surface area contributed by atoms with Gasteiger partial charge in [0.2, 0.25) is 4.77 Å². The van der Waals surface area contributed by atoms with Gasteiger partial charge in [-0.05, 0) is 24.4 Å². The molecule has 0 saturated carbocycles. The predicted octanol–water partition coefficient (Wildman–Crippen LogP) is 2.81. The van der Waals surface area contributed by atoms with Crippen LogP contribution in [-0.4, -0.2) is 19.4 Å². The Hall–Kier alpha value is -2.60. The van der Waals surface area contributed by atoms with E-state index in [-0.39, 0.29) is 0 Å². The number of nitrogens with two attached hydrogens (primary N) is 1. The van der Waals surface area contributed by atoms with Gasteiger partial charge in [0, 0.05) is 21.8 Å². The number of fused-ring (bicyclic) bond motifs is 3. The Bertz CT molecular complexity index is 954. The first-order chi connectivity index (χ1) is 10.3. The summed E-state index contributed by atoms with van der Waals surface area (Å²) >= 11 is 5.07. The van der Waals surface area contributed by atoms with E-state index in [1.807, 2.05) is 12.1 Å². The van der Waals surface area contributed by atoms with Crippen LogP contribution in [-0.2, 0) is 6.54 Å². The molecule has 6 heteroatoms. The molecule has 0 amide bonds. The summed E-state index contributed by atoms with van der Waals surface area (Å²) in [5, 5.41) is 9.38. The maximum atomic E-state index is 5.91. The maximum absolute atomic E-state index is 5.91. The van der Waals surface area contributed by atoms with E-state index in [4.69, 9.17) is 18.1 Å². The van der Waals surface area contributed by atoms with Crippen LogP contribution in [0.5, 0.6) is 0 Å². The van der Waals surface area contributed by atoms with Crippen molar-refractivity contribution >= 4 is 34.0 Å². The fraction of sp³-hybridized carbons (Fsp3) is 0.0667. The quantitative estimate of drug-likeness (QED) is 0.441. The van der Waals surface area contributed by atoms with Crippen LogP contribution in [0.1, 0.15) is 5.82 Å². The highest BCUT2D eigenvalue weighted by Crippen LogP contribution is 2.28. The number of hydrogen-bond donors (Lipinski definition) is 2. The molecule has 21 heavy (non-hydrogen) atoms. The number of H-pyrrole nitrogens is 1. The maximum Gasteiger partial charge on any atom is 0.214 e. The second-order valence-corrected chi connectivity index (χ2v) is 5.32. The average molecular weight is 295 g/mol. The summed E-state index contributed by atoms with van der Waals surface area (Å²) in [5.41, 5.74) is 2.32. The van der Waals surface area contributed by atoms with Crippen molar-refractivity contribution in [3.8, 4) is 0 Å². The molecule has 4 aromatic rings. The van der Waals surface area contributed by atoms with Crippen LogP contribution < -0.4 is 5.84 Å². The Morgan fingerprint density at radius 3 is 2.10 bits per heavy atom. The molecule has 0 saturated heterocycles. The zero-order chi connectivity index (χ0) is 14.4. The lowest BCUT2D eigenvalue weighted by atomic mass is 10.2. The van der Waals surface area contributed by atoms with Gasteiger partial charge < -0.3 is 10.4 Å². The summed E-state index contributed by atoms with van der Waals surface area (Å²) in [6, 6.07) is 16.7. The number of nitrogens with zero attached hydrogens (tertiary/aromatic N) is 3. The van der Waals surface area contributed by atoms with Gasteiger partial charge in [0.05, 0.1) is 6.54 Å². The fourth-order valence-corrected chi connectivity index (χ4v) is 2.91. The molecule has 3 N–H and O–H groups in total. The zero-order valence-electron chi connectivity index (χ0n) is 11.2. The van der Waals surface area contributed by atoms with E-state index in [1.54, 1.807) is 0 Å². The molecule has 0 atom stereocenters. The molecule has 0 unspecified atom stereocenters. The molecule has 4 rings (SSSR count). The normalized spacial score (nSPS) is 11.4. The molecule has 2 aromatic carbocycles. The molecule has 0 bridgehead atoms. The van der Waals surface area contributed by atoms with Crippen LogP contribution in [0.3, 0.4) is 0 Å². The topological polar surface area (TPSA) is 64.6 Å². The minimum absolute atomic E-state index is 0.422. The molecule has 0 spiro atoms. The first kappa shape index (κ1) is 12.2. The van der Waals surface area contributed by atoms with Crippen molar-refractivity contribution in [1.29, 1.82) is 0 Å². The molecule has 104 valence electrons. The summed E-state index contributed by atoms with van der Waals surface area (Å²) in [6.45, 7) is 0.567. The molecule has 2 heterocycles. The smallest absolute Gasteiger partial charge is 0.214 e. The SMILES string of the molecule is Nn1c(Cn2c3ccccc3c3ccccc32)n[nH]c1=S. The molecule has 0 aliphatic rings. The number of rotatable bonds is 2. The number of nitrogen functional groups attached to an aromatic ring is 1. The third-order valence-corrected chi connectivity index (χ3v) is 4.04. The zero-order valence-corrected chi connectivity index (χ0v) is 12.0. The van der Waals surface area contributed by atoms with Crippen molar-refractivity contribution in [1.82, 2.24) is 19.4 Å². The van der Waals surface area contributed by atoms with E-state index in [0.717, 1.165) is 11.0 Å². The number of nitrogens with one attached hydrogen (secondary N) is 1. The molecular formula is C15H13N5S. The highest BCUT2D eigenvalue weighted by molar-refractivity contribution is 7.71. The number of aromatic amines is 1. The summed E-state index contributed by atoms with van der Waals surface area (Å²) in [6.07, 6.45) is 0. The minimum atomic E-state index is 0.422. The molecule has 2 aromatic heterocycles. The van der Waals surface area contributed by atoms with Gasteiger partial charge in [-0.25, -0.2) is 4.68 Å². The fourth-order valence-electron chi connectivity index (χ4n) is 2.76. The van der Waals surface area contributed by atoms with Crippen LogP contribution >= 0.6 is 12.2 Å². The van der Waals surface area contributed by atoms with Gasteiger partial charge in [-0.2, -0.15) is 5.10 Å². The van der Waals surface area contributed by atoms with Gasteiger partial charge in [-0.1, -0.05) is 36.4 Å². The van der Waals surface area contributed by atoms with Crippen molar-refractivity contribution in [2.45, 2.75) is 6.54 Å². The van der Waals surface area contributed by atoms with Crippen LogP contribution in [0.4, 0.5) is 0 Å². The van der Waals surface area contributed by atoms with E-state index in [1.165, 1.54) is 15.4 Å². The standard InChI is InChI=1S/C15H13N5S/c16-20-14(17-18-15(20)21)9-19-12-7-3-1-5-10(12)11-6-2-4-8-13(11)19/h1-8H,9,16H2,(H,18,21). The Morgan fingerprint density at radius 1 is 1.00 bits per heavy atom. The van der Waals surface area contributed by atoms with Gasteiger partial charge in [0.1, 0.15) is 0 Å². The van der Waals surface area contributed by atoms with Crippen molar-refractivity contribution in [3.05, 3.63) is 59.1 Å². The Labute approximate surface area is 125 Å². The third kappa shape index (κ3) is 1.76. The predicted molar refractivity (Wildman–Crippen MR) is 86.1 cm³/mol. The molecule has 0 aliphatic carbocycles. The van der Waals surface area contributed by atoms with Gasteiger partial charge in [-0.3, -0.25) is 5.10 Å². The Morgan fingerprint density at radius 2 is 1.57 bits per heavy atom. The van der Waals surface area contributed by atoms with Crippen molar-refractivity contribution in [2.24, 2.45) is 0 Å². The van der Waals surface area contributed by atoms with Crippen molar-refractivity contribution < 1.29 is 0 Å². The minimum Gasteiger partial charge on any atom is -0.335 e. The lowest BCUT2D eigenvalue weighted by Gasteiger charge is -2.06. The first-order valence-electron chi connectivity index (χ1n) is 6.63. The molecular weight excluding hydrogens is 282 g/mol. The molecule has 0 aliphatic heterocycles. The van der Waals surface area contributed by atoms with Crippen LogP contribution in [0.25, 0.3) is 21.8 Å². The summed E-state index contributed by atoms with van der Waals surface area (Å²) in [4.78, 5) is 0. The lowest BCUT2D eigenvalue weighted by Crippen LogP contribution is -2.15. The van der Waals surface area contributed by atoms with Gasteiger partial charge >= 0.3 is 0 Å². The van der Waals surface area contributed by atoms with E-state index < -0.39 is 0 Å². The van der Waals surface area contributed by atoms with E-state index in [9.17, 15) is 0 Å². The summed E-state index contributed by atoms with van der Waals surface area (Å²) in [5.74, 6) is 6.61. The van der Waals surface area contributed by atoms with Crippen LogP contribution in [0.15, 0.2) is 48.5 Å². The monoisotopic (exact) mass is 295 g/mol. The van der Waals surface area contributed by atoms with Gasteiger partial charge in [0.25, 0.3) is 0 Å². The van der Waals surface area contributed by atoms with Gasteiger partial charge in [-0.15, -0.1) is 0 Å². The molecule has 5 nitrogen and oxygen atoms in total. The van der Waals surface area contributed by atoms with Crippen molar-refractivity contribution in [2.75, 3.05) is 5.84 Å². The highest BCUT2D eigenvalue weighted by atomic mass is 32.1. The second kappa shape index (κ2) is 4.46. The second-order valence-electron chi connectivity index (χ2n) is 4.94. The number of benzene rings is 2. The summed E-state index contributed by atoms with van der Waals surface area (Å²) < 4.78 is 4.04. The number of para-hydroxylation sites is 2. The molecule has 0 fully saturated rings. The van der Waals surface area contributed by atoms with Crippen LogP contribution in [0.2, 0.25) is 0 Å². The largest absolute Gasteiger partial charge is 0.335 e. The first-order valence-corrected chi connectivity index (χ1v) is 7.04. The third-order valence-electron chi connectivity index (χ3n) is 3.76. The number of hydrogen-bond acceptors (Lipinski definition) is 3. The van der Waals surface area contributed by atoms with E-state index in [2.05, 4.69) is 51.2 Å². The van der Waals surface area contributed by atoms with E-state index in [0.29, 0.717) is 17.1 Å². The van der Waals surface area contributed by atoms with E-state index >= 15 is 0 Å². The highest BCUT2D eigenvalue weighted by Gasteiger charge is 2.12. The summed E-state index contributed by atoms with van der Waals surface area (Å²) in [7, 11) is 0. The lowest BCUT2D eigenvalue weighted by molar-refractivity contribution is 0.751. The molecule has 0 radical (unpaired) electrons. The van der Waals surface area contributed by atoms with Crippen LogP contribution in [0, 0.1) is 4.77 Å². The average Bonchev–Trinajstić information content (AvgIpc) is 3.01. The Kier molecular flexibility index (Phi) is 2.58. The van der Waals surface area contributed by atoms with Crippen molar-refractivity contribution in [3.63, 3.8) is 0 Å². The number of aromatic nitrogens is 4. The Balaban J connectivity index is 2.02.